The lowest BCUT2D eigenvalue weighted by molar-refractivity contribution is 0.0641. The molecule has 0 amide bonds. The van der Waals surface area contributed by atoms with Gasteiger partial charge in [-0.15, -0.1) is 0 Å². The topological polar surface area (TPSA) is 32.8 Å². The number of rotatable bonds is 1. The largest absolute Gasteiger partial charge is 0.390 e. The summed E-state index contributed by atoms with van der Waals surface area (Å²) in [7, 11) is 0. The molecule has 0 aromatic carbocycles. The summed E-state index contributed by atoms with van der Waals surface area (Å²) in [6, 6.07) is 0. The molecule has 2 fully saturated rings. The van der Waals surface area contributed by atoms with E-state index in [1.165, 1.54) is 5.57 Å². The third-order valence-corrected chi connectivity index (χ3v) is 3.34. The number of fused-ring (bicyclic) bond motifs is 1. The fourth-order valence-electron chi connectivity index (χ4n) is 2.11. The highest BCUT2D eigenvalue weighted by molar-refractivity contribution is 5.14. The third kappa shape index (κ3) is 1.02. The summed E-state index contributed by atoms with van der Waals surface area (Å²) in [6.07, 6.45) is 1.85. The second-order valence-electron chi connectivity index (χ2n) is 4.32. The van der Waals surface area contributed by atoms with Crippen LogP contribution in [0.3, 0.4) is 0 Å². The van der Waals surface area contributed by atoms with E-state index in [9.17, 15) is 5.11 Å². The maximum atomic E-state index is 9.73. The molecular weight excluding hydrogens is 152 g/mol. The average Bonchev–Trinajstić information content (AvgIpc) is 2.62. The summed E-state index contributed by atoms with van der Waals surface area (Å²) in [6.45, 7) is 7.95. The van der Waals surface area contributed by atoms with E-state index in [1.807, 2.05) is 13.8 Å². The highest BCUT2D eigenvalue weighted by Crippen LogP contribution is 2.50. The monoisotopic (exact) mass is 168 g/mol. The number of hydrogen-bond acceptors (Lipinski definition) is 2. The van der Waals surface area contributed by atoms with Crippen molar-refractivity contribution in [2.45, 2.75) is 44.5 Å². The molecule has 2 nitrogen and oxygen atoms in total. The molecule has 1 aliphatic carbocycles. The number of epoxide rings is 1. The summed E-state index contributed by atoms with van der Waals surface area (Å²) in [5.41, 5.74) is 0.956. The summed E-state index contributed by atoms with van der Waals surface area (Å²) in [4.78, 5) is 0. The number of allylic oxidation sites excluding steroid dienone is 1. The molecule has 1 aliphatic heterocycles. The lowest BCUT2D eigenvalue weighted by Crippen LogP contribution is -2.36. The van der Waals surface area contributed by atoms with Crippen LogP contribution in [0.4, 0.5) is 0 Å². The molecule has 0 unspecified atom stereocenters. The van der Waals surface area contributed by atoms with E-state index >= 15 is 0 Å². The lowest BCUT2D eigenvalue weighted by Gasteiger charge is -2.27. The number of aliphatic hydroxyl groups excluding tert-OH is 1. The fourth-order valence-corrected chi connectivity index (χ4v) is 2.11. The van der Waals surface area contributed by atoms with Gasteiger partial charge in [0.15, 0.2) is 0 Å². The third-order valence-electron chi connectivity index (χ3n) is 3.34. The van der Waals surface area contributed by atoms with Crippen LogP contribution in [-0.2, 0) is 4.74 Å². The van der Waals surface area contributed by atoms with Crippen molar-refractivity contribution < 1.29 is 9.84 Å². The standard InChI is InChI=1S/C10H16O2/c1-6(2)7-4-8(11)10(3)9(5-7)12-10/h7-9,11H,1,4-5H2,2-3H3/t7-,8-,9-,10-/m1/s1. The van der Waals surface area contributed by atoms with Crippen LogP contribution in [0.2, 0.25) is 0 Å². The molecule has 2 rings (SSSR count). The Bertz CT molecular complexity index is 224. The Hall–Kier alpha value is -0.340. The molecule has 1 heterocycles. The van der Waals surface area contributed by atoms with Gasteiger partial charge in [0, 0.05) is 0 Å². The Morgan fingerprint density at radius 2 is 2.25 bits per heavy atom. The minimum Gasteiger partial charge on any atom is -0.390 e. The number of ether oxygens (including phenoxy) is 1. The molecule has 0 bridgehead atoms. The SMILES string of the molecule is C=C(C)[C@@H]1C[C@@H](O)[C@@]2(C)O[C@@H]2C1. The first-order valence-electron chi connectivity index (χ1n) is 4.55. The van der Waals surface area contributed by atoms with Gasteiger partial charge in [0.05, 0.1) is 12.2 Å². The van der Waals surface area contributed by atoms with Crippen LogP contribution in [0.25, 0.3) is 0 Å². The zero-order valence-electron chi connectivity index (χ0n) is 7.71. The van der Waals surface area contributed by atoms with Crippen LogP contribution in [0.15, 0.2) is 12.2 Å². The zero-order chi connectivity index (χ0) is 8.93. The molecule has 1 saturated carbocycles. The van der Waals surface area contributed by atoms with Crippen molar-refractivity contribution in [2.75, 3.05) is 0 Å². The van der Waals surface area contributed by atoms with Crippen molar-refractivity contribution in [1.29, 1.82) is 0 Å². The van der Waals surface area contributed by atoms with E-state index in [4.69, 9.17) is 4.74 Å². The van der Waals surface area contributed by atoms with E-state index in [-0.39, 0.29) is 17.8 Å². The number of hydrogen-bond donors (Lipinski definition) is 1. The molecule has 0 spiro atoms. The average molecular weight is 168 g/mol. The summed E-state index contributed by atoms with van der Waals surface area (Å²) >= 11 is 0. The van der Waals surface area contributed by atoms with Crippen molar-refractivity contribution in [2.24, 2.45) is 5.92 Å². The molecule has 0 radical (unpaired) electrons. The van der Waals surface area contributed by atoms with Gasteiger partial charge >= 0.3 is 0 Å². The second-order valence-corrected chi connectivity index (χ2v) is 4.32. The van der Waals surface area contributed by atoms with E-state index < -0.39 is 0 Å². The second kappa shape index (κ2) is 2.33. The molecule has 2 heteroatoms. The smallest absolute Gasteiger partial charge is 0.118 e. The highest BCUT2D eigenvalue weighted by atomic mass is 16.6. The normalized spacial score (nSPS) is 51.4. The quantitative estimate of drug-likeness (QED) is 0.475. The van der Waals surface area contributed by atoms with Gasteiger partial charge in [0.25, 0.3) is 0 Å². The summed E-state index contributed by atoms with van der Waals surface area (Å²) in [5, 5.41) is 9.73. The Morgan fingerprint density at radius 3 is 2.75 bits per heavy atom. The van der Waals surface area contributed by atoms with Crippen LogP contribution in [0.1, 0.15) is 26.7 Å². The van der Waals surface area contributed by atoms with E-state index in [1.54, 1.807) is 0 Å². The van der Waals surface area contributed by atoms with Crippen molar-refractivity contribution in [1.82, 2.24) is 0 Å². The van der Waals surface area contributed by atoms with Gasteiger partial charge in [0.2, 0.25) is 0 Å². The van der Waals surface area contributed by atoms with Gasteiger partial charge < -0.3 is 9.84 Å². The molecule has 12 heavy (non-hydrogen) atoms. The molecule has 1 saturated heterocycles. The van der Waals surface area contributed by atoms with Gasteiger partial charge in [-0.3, -0.25) is 0 Å². The molecule has 68 valence electrons. The Balaban J connectivity index is 2.06. The molecule has 0 aromatic rings. The van der Waals surface area contributed by atoms with Crippen molar-refractivity contribution >= 4 is 0 Å². The summed E-state index contributed by atoms with van der Waals surface area (Å²) < 4.78 is 5.47. The maximum Gasteiger partial charge on any atom is 0.118 e. The first kappa shape index (κ1) is 8.27. The van der Waals surface area contributed by atoms with Crippen LogP contribution in [-0.4, -0.2) is 22.9 Å². The highest BCUT2D eigenvalue weighted by Gasteiger charge is 2.60. The Kier molecular flexibility index (Phi) is 1.61. The van der Waals surface area contributed by atoms with Gasteiger partial charge in [-0.05, 0) is 32.6 Å². The minimum absolute atomic E-state index is 0.216. The molecule has 1 N–H and O–H groups in total. The zero-order valence-corrected chi connectivity index (χ0v) is 7.71. The van der Waals surface area contributed by atoms with E-state index in [2.05, 4.69) is 6.58 Å². The van der Waals surface area contributed by atoms with Crippen LogP contribution >= 0.6 is 0 Å². The van der Waals surface area contributed by atoms with Gasteiger partial charge in [0.1, 0.15) is 5.60 Å². The van der Waals surface area contributed by atoms with Crippen molar-refractivity contribution in [3.8, 4) is 0 Å². The van der Waals surface area contributed by atoms with Crippen LogP contribution in [0, 0.1) is 5.92 Å². The fraction of sp³-hybridized carbons (Fsp3) is 0.800. The lowest BCUT2D eigenvalue weighted by atomic mass is 9.78. The van der Waals surface area contributed by atoms with E-state index in [0.717, 1.165) is 12.8 Å². The van der Waals surface area contributed by atoms with Gasteiger partial charge in [-0.25, -0.2) is 0 Å². The Labute approximate surface area is 73.2 Å². The maximum absolute atomic E-state index is 9.73. The van der Waals surface area contributed by atoms with Gasteiger partial charge in [-0.1, -0.05) is 12.2 Å². The van der Waals surface area contributed by atoms with Crippen LogP contribution in [0.5, 0.6) is 0 Å². The summed E-state index contributed by atoms with van der Waals surface area (Å²) in [5.74, 6) is 0.459. The molecule has 4 atom stereocenters. The molecule has 0 aromatic heterocycles. The first-order valence-corrected chi connectivity index (χ1v) is 4.55. The first-order chi connectivity index (χ1) is 5.54. The minimum atomic E-state index is -0.294. The molecular formula is C10H16O2. The van der Waals surface area contributed by atoms with Crippen molar-refractivity contribution in [3.63, 3.8) is 0 Å². The predicted molar refractivity (Wildman–Crippen MR) is 46.8 cm³/mol. The van der Waals surface area contributed by atoms with E-state index in [0.29, 0.717) is 5.92 Å². The Morgan fingerprint density at radius 1 is 1.58 bits per heavy atom. The predicted octanol–water partition coefficient (Wildman–Crippen LogP) is 1.49. The van der Waals surface area contributed by atoms with Crippen LogP contribution < -0.4 is 0 Å². The number of aliphatic hydroxyl groups is 1. The van der Waals surface area contributed by atoms with Gasteiger partial charge in [-0.2, -0.15) is 0 Å². The molecule has 2 aliphatic rings. The van der Waals surface area contributed by atoms with Crippen molar-refractivity contribution in [3.05, 3.63) is 12.2 Å².